The molecule has 0 radical (unpaired) electrons. The number of hydrogen-bond donors (Lipinski definition) is 2. The Balaban J connectivity index is 2.43. The molecular formula is C17H24N4O3. The van der Waals surface area contributed by atoms with Gasteiger partial charge in [0.2, 0.25) is 0 Å². The Labute approximate surface area is 141 Å². The summed E-state index contributed by atoms with van der Waals surface area (Å²) in [5.74, 6) is -1.43. The summed E-state index contributed by atoms with van der Waals surface area (Å²) in [4.78, 5) is 28.4. The Hall–Kier alpha value is -2.44. The standard InChI is InChI=1S/C17H24N4O3/c1-5-7-14(17(23)24)20-16(22)12-8-10(3)19-15-13(12)9-18-21(15)11(4)6-2/h8-9,11,14H,5-7H2,1-4H3,(H,20,22)(H,23,24). The number of aryl methyl sites for hydroxylation is 1. The number of carbonyl (C=O) groups is 2. The number of carboxylic acids is 1. The van der Waals surface area contributed by atoms with Crippen molar-refractivity contribution in [2.75, 3.05) is 0 Å². The number of carbonyl (C=O) groups excluding carboxylic acids is 1. The van der Waals surface area contributed by atoms with E-state index in [-0.39, 0.29) is 6.04 Å². The van der Waals surface area contributed by atoms with Crippen LogP contribution in [-0.2, 0) is 4.79 Å². The van der Waals surface area contributed by atoms with Gasteiger partial charge in [-0.2, -0.15) is 5.10 Å². The van der Waals surface area contributed by atoms with Crippen LogP contribution in [0.2, 0.25) is 0 Å². The molecule has 2 heterocycles. The van der Waals surface area contributed by atoms with Crippen molar-refractivity contribution in [1.82, 2.24) is 20.1 Å². The number of aromatic nitrogens is 3. The first-order chi connectivity index (χ1) is 11.4. The molecule has 0 bridgehead atoms. The lowest BCUT2D eigenvalue weighted by Gasteiger charge is -2.15. The smallest absolute Gasteiger partial charge is 0.326 e. The molecule has 1 amide bonds. The van der Waals surface area contributed by atoms with Gasteiger partial charge in [-0.1, -0.05) is 20.3 Å². The summed E-state index contributed by atoms with van der Waals surface area (Å²) in [5.41, 5.74) is 1.76. The predicted molar refractivity (Wildman–Crippen MR) is 91.1 cm³/mol. The first-order valence-corrected chi connectivity index (χ1v) is 8.27. The maximum absolute atomic E-state index is 12.6. The van der Waals surface area contributed by atoms with Crippen molar-refractivity contribution in [3.63, 3.8) is 0 Å². The van der Waals surface area contributed by atoms with Crippen LogP contribution in [-0.4, -0.2) is 37.8 Å². The zero-order valence-electron chi connectivity index (χ0n) is 14.5. The lowest BCUT2D eigenvalue weighted by atomic mass is 10.1. The minimum absolute atomic E-state index is 0.166. The molecule has 0 aliphatic heterocycles. The van der Waals surface area contributed by atoms with Crippen LogP contribution in [0, 0.1) is 6.92 Å². The molecule has 2 aromatic heterocycles. The molecule has 2 aromatic rings. The van der Waals surface area contributed by atoms with Crippen molar-refractivity contribution in [1.29, 1.82) is 0 Å². The molecule has 0 aliphatic rings. The van der Waals surface area contributed by atoms with E-state index in [1.165, 1.54) is 0 Å². The Bertz CT molecular complexity index is 754. The van der Waals surface area contributed by atoms with Crippen LogP contribution in [0.25, 0.3) is 11.0 Å². The van der Waals surface area contributed by atoms with Crippen LogP contribution < -0.4 is 5.32 Å². The van der Waals surface area contributed by atoms with Crippen LogP contribution in [0.5, 0.6) is 0 Å². The van der Waals surface area contributed by atoms with Gasteiger partial charge in [-0.05, 0) is 32.8 Å². The molecule has 7 nitrogen and oxygen atoms in total. The highest BCUT2D eigenvalue weighted by molar-refractivity contribution is 6.06. The van der Waals surface area contributed by atoms with E-state index in [0.29, 0.717) is 35.1 Å². The number of carboxylic acid groups (broad SMARTS) is 1. The quantitative estimate of drug-likeness (QED) is 0.812. The minimum Gasteiger partial charge on any atom is -0.480 e. The number of nitrogens with one attached hydrogen (secondary N) is 1. The highest BCUT2D eigenvalue weighted by Crippen LogP contribution is 2.22. The molecule has 2 atom stereocenters. The third-order valence-corrected chi connectivity index (χ3v) is 4.13. The van der Waals surface area contributed by atoms with Crippen molar-refractivity contribution in [2.45, 2.75) is 59.0 Å². The summed E-state index contributed by atoms with van der Waals surface area (Å²) in [5, 5.41) is 16.8. The molecule has 0 saturated heterocycles. The third-order valence-electron chi connectivity index (χ3n) is 4.13. The highest BCUT2D eigenvalue weighted by Gasteiger charge is 2.23. The molecule has 130 valence electrons. The summed E-state index contributed by atoms with van der Waals surface area (Å²) >= 11 is 0. The number of pyridine rings is 1. The Morgan fingerprint density at radius 2 is 2.08 bits per heavy atom. The number of nitrogens with zero attached hydrogens (tertiary/aromatic N) is 3. The van der Waals surface area contributed by atoms with Gasteiger partial charge in [-0.25, -0.2) is 14.5 Å². The van der Waals surface area contributed by atoms with E-state index in [9.17, 15) is 14.7 Å². The Morgan fingerprint density at radius 1 is 1.38 bits per heavy atom. The molecule has 0 aliphatic carbocycles. The van der Waals surface area contributed by atoms with Crippen LogP contribution in [0.15, 0.2) is 12.3 Å². The minimum atomic E-state index is -1.03. The molecule has 0 saturated carbocycles. The van der Waals surface area contributed by atoms with Gasteiger partial charge in [-0.15, -0.1) is 0 Å². The van der Waals surface area contributed by atoms with Crippen LogP contribution in [0.1, 0.15) is 62.1 Å². The predicted octanol–water partition coefficient (Wildman–Crippen LogP) is 2.69. The fourth-order valence-electron chi connectivity index (χ4n) is 2.61. The van der Waals surface area contributed by atoms with Crippen LogP contribution in [0.4, 0.5) is 0 Å². The van der Waals surface area contributed by atoms with E-state index >= 15 is 0 Å². The Kier molecular flexibility index (Phi) is 5.54. The summed E-state index contributed by atoms with van der Waals surface area (Å²) in [6, 6.07) is 0.945. The molecule has 0 spiro atoms. The number of aliphatic carboxylic acids is 1. The van der Waals surface area contributed by atoms with Gasteiger partial charge in [-0.3, -0.25) is 4.79 Å². The van der Waals surface area contributed by atoms with Crippen molar-refractivity contribution >= 4 is 22.9 Å². The maximum atomic E-state index is 12.6. The van der Waals surface area contributed by atoms with E-state index in [0.717, 1.165) is 6.42 Å². The van der Waals surface area contributed by atoms with Gasteiger partial charge in [0, 0.05) is 5.69 Å². The first-order valence-electron chi connectivity index (χ1n) is 8.27. The fraction of sp³-hybridized carbons (Fsp3) is 0.529. The Morgan fingerprint density at radius 3 is 2.67 bits per heavy atom. The van der Waals surface area contributed by atoms with E-state index in [2.05, 4.69) is 22.3 Å². The van der Waals surface area contributed by atoms with Crippen molar-refractivity contribution in [3.05, 3.63) is 23.5 Å². The largest absolute Gasteiger partial charge is 0.480 e. The van der Waals surface area contributed by atoms with E-state index in [1.807, 2.05) is 20.8 Å². The van der Waals surface area contributed by atoms with E-state index in [4.69, 9.17) is 0 Å². The highest BCUT2D eigenvalue weighted by atomic mass is 16.4. The van der Waals surface area contributed by atoms with Gasteiger partial charge < -0.3 is 10.4 Å². The SMILES string of the molecule is CCCC(NC(=O)c1cc(C)nc2c1cnn2C(C)CC)C(=O)O. The molecule has 24 heavy (non-hydrogen) atoms. The number of hydrogen-bond acceptors (Lipinski definition) is 4. The third kappa shape index (κ3) is 3.55. The molecule has 2 N–H and O–H groups in total. The number of fused-ring (bicyclic) bond motifs is 1. The normalized spacial score (nSPS) is 13.7. The molecule has 0 fully saturated rings. The van der Waals surface area contributed by atoms with Gasteiger partial charge in [0.1, 0.15) is 6.04 Å². The van der Waals surface area contributed by atoms with Gasteiger partial charge in [0.15, 0.2) is 5.65 Å². The van der Waals surface area contributed by atoms with E-state index in [1.54, 1.807) is 16.9 Å². The lowest BCUT2D eigenvalue weighted by Crippen LogP contribution is -2.40. The molecule has 2 rings (SSSR count). The van der Waals surface area contributed by atoms with Crippen molar-refractivity contribution in [3.8, 4) is 0 Å². The lowest BCUT2D eigenvalue weighted by molar-refractivity contribution is -0.139. The van der Waals surface area contributed by atoms with E-state index < -0.39 is 17.9 Å². The zero-order valence-corrected chi connectivity index (χ0v) is 14.5. The fourth-order valence-corrected chi connectivity index (χ4v) is 2.61. The zero-order chi connectivity index (χ0) is 17.9. The second-order valence-corrected chi connectivity index (χ2v) is 6.05. The van der Waals surface area contributed by atoms with Crippen molar-refractivity contribution in [2.24, 2.45) is 0 Å². The topological polar surface area (TPSA) is 97.1 Å². The summed E-state index contributed by atoms with van der Waals surface area (Å²) in [6.07, 6.45) is 3.58. The second kappa shape index (κ2) is 7.42. The second-order valence-electron chi connectivity index (χ2n) is 6.05. The summed E-state index contributed by atoms with van der Waals surface area (Å²) < 4.78 is 1.81. The van der Waals surface area contributed by atoms with Crippen LogP contribution in [0.3, 0.4) is 0 Å². The van der Waals surface area contributed by atoms with Crippen LogP contribution >= 0.6 is 0 Å². The summed E-state index contributed by atoms with van der Waals surface area (Å²) in [6.45, 7) is 7.79. The van der Waals surface area contributed by atoms with Gasteiger partial charge >= 0.3 is 5.97 Å². The summed E-state index contributed by atoms with van der Waals surface area (Å²) in [7, 11) is 0. The van der Waals surface area contributed by atoms with Gasteiger partial charge in [0.25, 0.3) is 5.91 Å². The molecule has 2 unspecified atom stereocenters. The molecule has 7 heteroatoms. The first kappa shape index (κ1) is 17.9. The maximum Gasteiger partial charge on any atom is 0.326 e. The monoisotopic (exact) mass is 332 g/mol. The molecular weight excluding hydrogens is 308 g/mol. The average molecular weight is 332 g/mol. The van der Waals surface area contributed by atoms with Crippen molar-refractivity contribution < 1.29 is 14.7 Å². The van der Waals surface area contributed by atoms with Gasteiger partial charge in [0.05, 0.1) is 23.2 Å². The number of rotatable bonds is 7. The number of amides is 1. The molecule has 0 aromatic carbocycles. The average Bonchev–Trinajstić information content (AvgIpc) is 2.96.